The number of benzene rings is 2. The lowest BCUT2D eigenvalue weighted by Gasteiger charge is -2.31. The molecule has 45 heavy (non-hydrogen) atoms. The van der Waals surface area contributed by atoms with E-state index < -0.39 is 16.2 Å². The van der Waals surface area contributed by atoms with E-state index in [0.29, 0.717) is 24.9 Å². The van der Waals surface area contributed by atoms with E-state index in [2.05, 4.69) is 26.7 Å². The van der Waals surface area contributed by atoms with Gasteiger partial charge in [-0.25, -0.2) is 14.8 Å². The van der Waals surface area contributed by atoms with Gasteiger partial charge in [-0.15, -0.1) is 5.92 Å². The molecule has 228 valence electrons. The third-order valence-corrected chi connectivity index (χ3v) is 7.98. The van der Waals surface area contributed by atoms with Gasteiger partial charge in [-0.05, 0) is 50.5 Å². The fourth-order valence-corrected chi connectivity index (χ4v) is 5.69. The number of non-ortho nitro benzene ring substituents is 1. The standard InChI is InChI=1S/C32H31N9O4/c1-4-5-17-39-28-29(36-31(39)38-16-8-9-23(19-38)33-18-22-12-14-24(15-13-22)41(44)45)37(3)32(43)40(30(28)42)20-27-34-21(2)25-10-6-7-11-26(25)35-27/h6-7,10-15,18,23H,8-9,16-17,19-20H2,1-3H3/t23-/m1/s1. The zero-order valence-corrected chi connectivity index (χ0v) is 25.2. The van der Waals surface area contributed by atoms with Crippen LogP contribution < -0.4 is 16.1 Å². The van der Waals surface area contributed by atoms with Crippen molar-refractivity contribution in [3.63, 3.8) is 0 Å². The number of fused-ring (bicyclic) bond motifs is 2. The fourth-order valence-electron chi connectivity index (χ4n) is 5.69. The number of hydrogen-bond acceptors (Lipinski definition) is 9. The van der Waals surface area contributed by atoms with E-state index >= 15 is 0 Å². The summed E-state index contributed by atoms with van der Waals surface area (Å²) in [6.45, 7) is 4.97. The Hall–Kier alpha value is -5.64. The van der Waals surface area contributed by atoms with Gasteiger partial charge in [0.1, 0.15) is 5.82 Å². The summed E-state index contributed by atoms with van der Waals surface area (Å²) < 4.78 is 4.32. The van der Waals surface area contributed by atoms with Gasteiger partial charge in [0.15, 0.2) is 11.2 Å². The molecule has 0 aliphatic carbocycles. The molecule has 3 aromatic heterocycles. The number of piperidine rings is 1. The lowest BCUT2D eigenvalue weighted by Crippen LogP contribution is -2.40. The summed E-state index contributed by atoms with van der Waals surface area (Å²) >= 11 is 0. The highest BCUT2D eigenvalue weighted by Crippen LogP contribution is 2.24. The summed E-state index contributed by atoms with van der Waals surface area (Å²) in [6, 6.07) is 13.8. The zero-order chi connectivity index (χ0) is 31.7. The predicted octanol–water partition coefficient (Wildman–Crippen LogP) is 3.22. The molecular weight excluding hydrogens is 574 g/mol. The van der Waals surface area contributed by atoms with Crippen LogP contribution in [0.15, 0.2) is 63.1 Å². The first-order valence-corrected chi connectivity index (χ1v) is 14.6. The van der Waals surface area contributed by atoms with E-state index in [1.54, 1.807) is 36.9 Å². The molecule has 6 rings (SSSR count). The highest BCUT2D eigenvalue weighted by atomic mass is 16.6. The van der Waals surface area contributed by atoms with Crippen LogP contribution in [0.5, 0.6) is 0 Å². The molecule has 0 bridgehead atoms. The van der Waals surface area contributed by atoms with Gasteiger partial charge in [0, 0.05) is 49.6 Å². The Bertz CT molecular complexity index is 2150. The van der Waals surface area contributed by atoms with Crippen molar-refractivity contribution in [1.82, 2.24) is 28.7 Å². The fraction of sp³-hybridized carbons (Fsp3) is 0.312. The van der Waals surface area contributed by atoms with Gasteiger partial charge >= 0.3 is 5.69 Å². The first-order chi connectivity index (χ1) is 21.7. The summed E-state index contributed by atoms with van der Waals surface area (Å²) in [4.78, 5) is 58.9. The molecule has 0 radical (unpaired) electrons. The molecule has 1 aliphatic rings. The molecule has 1 aliphatic heterocycles. The normalized spacial score (nSPS) is 15.1. The average molecular weight is 606 g/mol. The van der Waals surface area contributed by atoms with Crippen molar-refractivity contribution < 1.29 is 4.92 Å². The first-order valence-electron chi connectivity index (χ1n) is 14.6. The molecule has 2 aromatic carbocycles. The van der Waals surface area contributed by atoms with Crippen LogP contribution in [0.25, 0.3) is 22.1 Å². The van der Waals surface area contributed by atoms with Crippen LogP contribution in [0.4, 0.5) is 11.6 Å². The molecule has 13 nitrogen and oxygen atoms in total. The van der Waals surface area contributed by atoms with E-state index in [9.17, 15) is 19.7 Å². The highest BCUT2D eigenvalue weighted by molar-refractivity contribution is 5.81. The highest BCUT2D eigenvalue weighted by Gasteiger charge is 2.27. The Balaban J connectivity index is 1.36. The number of imidazole rings is 1. The minimum absolute atomic E-state index is 0.0263. The third-order valence-electron chi connectivity index (χ3n) is 7.98. The lowest BCUT2D eigenvalue weighted by molar-refractivity contribution is -0.384. The molecule has 0 unspecified atom stereocenters. The van der Waals surface area contributed by atoms with Gasteiger partial charge in [0.05, 0.1) is 29.6 Å². The Morgan fingerprint density at radius 2 is 1.87 bits per heavy atom. The number of aliphatic imine (C=N–C) groups is 1. The molecule has 1 atom stereocenters. The van der Waals surface area contributed by atoms with Crippen LogP contribution in [0, 0.1) is 28.9 Å². The number of aromatic nitrogens is 6. The zero-order valence-electron chi connectivity index (χ0n) is 25.2. The van der Waals surface area contributed by atoms with E-state index in [1.807, 2.05) is 31.2 Å². The van der Waals surface area contributed by atoms with Gasteiger partial charge in [-0.2, -0.15) is 4.98 Å². The molecule has 0 spiro atoms. The van der Waals surface area contributed by atoms with Crippen molar-refractivity contribution in [3.8, 4) is 11.8 Å². The van der Waals surface area contributed by atoms with Gasteiger partial charge in [-0.3, -0.25) is 33.6 Å². The molecule has 0 N–H and O–H groups in total. The number of nitro groups is 1. The van der Waals surface area contributed by atoms with Crippen molar-refractivity contribution >= 4 is 39.9 Å². The van der Waals surface area contributed by atoms with E-state index in [1.165, 1.54) is 16.7 Å². The maximum absolute atomic E-state index is 14.0. The van der Waals surface area contributed by atoms with Crippen LogP contribution in [-0.4, -0.2) is 58.9 Å². The molecule has 0 saturated carbocycles. The van der Waals surface area contributed by atoms with Crippen LogP contribution in [0.2, 0.25) is 0 Å². The number of hydrogen-bond donors (Lipinski definition) is 0. The monoisotopic (exact) mass is 605 g/mol. The number of rotatable bonds is 7. The molecule has 1 fully saturated rings. The minimum atomic E-state index is -0.510. The van der Waals surface area contributed by atoms with Gasteiger partial charge < -0.3 is 4.90 Å². The van der Waals surface area contributed by atoms with Gasteiger partial charge in [0.2, 0.25) is 5.95 Å². The quantitative estimate of drug-likeness (QED) is 0.119. The average Bonchev–Trinajstić information content (AvgIpc) is 3.44. The van der Waals surface area contributed by atoms with E-state index in [-0.39, 0.29) is 36.0 Å². The van der Waals surface area contributed by atoms with Crippen molar-refractivity contribution in [2.45, 2.75) is 45.8 Å². The molecule has 0 amide bonds. The Morgan fingerprint density at radius 1 is 1.09 bits per heavy atom. The lowest BCUT2D eigenvalue weighted by atomic mass is 10.1. The number of aryl methyl sites for hydroxylation is 2. The Labute approximate surface area is 257 Å². The number of nitro benzene ring substituents is 1. The number of anilines is 1. The predicted molar refractivity (Wildman–Crippen MR) is 172 cm³/mol. The second-order valence-corrected chi connectivity index (χ2v) is 10.9. The Kier molecular flexibility index (Phi) is 7.95. The van der Waals surface area contributed by atoms with Crippen molar-refractivity contribution in [1.29, 1.82) is 0 Å². The summed E-state index contributed by atoms with van der Waals surface area (Å²) in [6.07, 6.45) is 3.42. The SMILES string of the molecule is CC#CCn1c(N2CCC[C@@H](N=Cc3ccc([N+](=O)[O-])cc3)C2)nc2c1c(=O)n(Cc1nc(C)c3ccccc3n1)c(=O)n2C. The van der Waals surface area contributed by atoms with E-state index in [4.69, 9.17) is 9.98 Å². The van der Waals surface area contributed by atoms with Gasteiger partial charge in [-0.1, -0.05) is 24.1 Å². The number of para-hydroxylation sites is 1. The second-order valence-electron chi connectivity index (χ2n) is 10.9. The Morgan fingerprint density at radius 3 is 2.62 bits per heavy atom. The summed E-state index contributed by atoms with van der Waals surface area (Å²) in [5.41, 5.74) is 1.87. The van der Waals surface area contributed by atoms with Crippen molar-refractivity contribution in [2.75, 3.05) is 18.0 Å². The molecular formula is C32H31N9O4. The maximum atomic E-state index is 14.0. The van der Waals surface area contributed by atoms with Crippen molar-refractivity contribution in [2.24, 2.45) is 12.0 Å². The third kappa shape index (κ3) is 5.70. The summed E-state index contributed by atoms with van der Waals surface area (Å²) in [5, 5.41) is 11.9. The van der Waals surface area contributed by atoms with Crippen LogP contribution in [0.1, 0.15) is 36.8 Å². The first kappa shape index (κ1) is 29.4. The van der Waals surface area contributed by atoms with Crippen LogP contribution in [0.3, 0.4) is 0 Å². The topological polar surface area (TPSA) is 146 Å². The van der Waals surface area contributed by atoms with Crippen molar-refractivity contribution in [3.05, 3.63) is 96.6 Å². The molecule has 13 heteroatoms. The van der Waals surface area contributed by atoms with Gasteiger partial charge in [0.25, 0.3) is 11.2 Å². The largest absolute Gasteiger partial charge is 0.340 e. The van der Waals surface area contributed by atoms with Crippen LogP contribution >= 0.6 is 0 Å². The number of nitrogens with zero attached hydrogens (tertiary/aromatic N) is 9. The minimum Gasteiger partial charge on any atom is -0.340 e. The summed E-state index contributed by atoms with van der Waals surface area (Å²) in [7, 11) is 1.60. The smallest absolute Gasteiger partial charge is 0.332 e. The molecule has 5 aromatic rings. The van der Waals surface area contributed by atoms with E-state index in [0.717, 1.165) is 39.6 Å². The molecule has 1 saturated heterocycles. The molecule has 4 heterocycles. The maximum Gasteiger partial charge on any atom is 0.332 e. The second kappa shape index (κ2) is 12.2. The summed E-state index contributed by atoms with van der Waals surface area (Å²) in [5.74, 6) is 6.88. The van der Waals surface area contributed by atoms with Crippen LogP contribution in [-0.2, 0) is 20.1 Å².